The molecule has 0 saturated heterocycles. The van der Waals surface area contributed by atoms with Crippen molar-refractivity contribution in [3.8, 4) is 0 Å². The monoisotopic (exact) mass is 662 g/mol. The van der Waals surface area contributed by atoms with Crippen molar-refractivity contribution >= 4 is 0 Å². The SMILES string of the molecule is CCCCCCCCCCCC[N+](C)(C)C.CCCC[N+](CCCC)(CCCC)Cc1ccccc1.[Br-].[Br-]. The van der Waals surface area contributed by atoms with Gasteiger partial charge in [-0.2, -0.15) is 0 Å². The zero-order chi connectivity index (χ0) is 27.0. The number of rotatable bonds is 22. The van der Waals surface area contributed by atoms with E-state index >= 15 is 0 Å². The number of hydrogen-bond acceptors (Lipinski definition) is 0. The van der Waals surface area contributed by atoms with Crippen molar-refractivity contribution in [1.29, 1.82) is 0 Å². The smallest absolute Gasteiger partial charge is 0.104 e. The first-order chi connectivity index (χ1) is 17.3. The third-order valence-corrected chi connectivity index (χ3v) is 7.50. The first-order valence-electron chi connectivity index (χ1n) is 16.0. The average molecular weight is 665 g/mol. The van der Waals surface area contributed by atoms with E-state index in [2.05, 4.69) is 79.2 Å². The van der Waals surface area contributed by atoms with Gasteiger partial charge in [0.25, 0.3) is 0 Å². The topological polar surface area (TPSA) is 0 Å². The Kier molecular flexibility index (Phi) is 32.1. The van der Waals surface area contributed by atoms with E-state index in [4.69, 9.17) is 0 Å². The number of quaternary nitrogens is 2. The molecule has 4 heteroatoms. The summed E-state index contributed by atoms with van der Waals surface area (Å²) in [5.74, 6) is 0. The number of hydrogen-bond donors (Lipinski definition) is 0. The maximum absolute atomic E-state index is 2.32. The predicted molar refractivity (Wildman–Crippen MR) is 164 cm³/mol. The quantitative estimate of drug-likeness (QED) is 0.130. The predicted octanol–water partition coefficient (Wildman–Crippen LogP) is 4.03. The summed E-state index contributed by atoms with van der Waals surface area (Å²) in [5.41, 5.74) is 1.51. The van der Waals surface area contributed by atoms with Crippen LogP contribution >= 0.6 is 0 Å². The van der Waals surface area contributed by atoms with E-state index in [0.29, 0.717) is 0 Å². The third-order valence-electron chi connectivity index (χ3n) is 7.50. The molecule has 1 rings (SSSR count). The van der Waals surface area contributed by atoms with Crippen LogP contribution in [0, 0.1) is 0 Å². The lowest BCUT2D eigenvalue weighted by molar-refractivity contribution is -0.941. The summed E-state index contributed by atoms with van der Waals surface area (Å²) in [6.07, 6.45) is 22.4. The Hall–Kier alpha value is 0.1000. The van der Waals surface area contributed by atoms with Gasteiger partial charge in [0.2, 0.25) is 0 Å². The first kappa shape index (κ1) is 42.6. The van der Waals surface area contributed by atoms with Gasteiger partial charge in [-0.15, -0.1) is 0 Å². The Morgan fingerprint density at radius 3 is 1.18 bits per heavy atom. The number of nitrogens with zero attached hydrogens (tertiary/aromatic N) is 2. The second-order valence-electron chi connectivity index (χ2n) is 12.4. The summed E-state index contributed by atoms with van der Waals surface area (Å²) in [7, 11) is 6.86. The summed E-state index contributed by atoms with van der Waals surface area (Å²) >= 11 is 0. The maximum Gasteiger partial charge on any atom is 0.104 e. The van der Waals surface area contributed by atoms with E-state index in [1.165, 1.54) is 146 Å². The van der Waals surface area contributed by atoms with Crippen LogP contribution in [0.2, 0.25) is 0 Å². The molecule has 38 heavy (non-hydrogen) atoms. The van der Waals surface area contributed by atoms with Gasteiger partial charge in [0.15, 0.2) is 0 Å². The van der Waals surface area contributed by atoms with Crippen LogP contribution in [0.1, 0.15) is 136 Å². The highest BCUT2D eigenvalue weighted by molar-refractivity contribution is 5.13. The van der Waals surface area contributed by atoms with Gasteiger partial charge in [-0.3, -0.25) is 0 Å². The molecule has 0 aliphatic heterocycles. The molecule has 1 aromatic rings. The molecular formula is C34H68Br2N2. The minimum absolute atomic E-state index is 0. The average Bonchev–Trinajstić information content (AvgIpc) is 2.86. The molecule has 1 aromatic carbocycles. The van der Waals surface area contributed by atoms with Crippen molar-refractivity contribution in [2.45, 2.75) is 137 Å². The maximum atomic E-state index is 2.32. The van der Waals surface area contributed by atoms with Gasteiger partial charge in [-0.05, 0) is 32.1 Å². The van der Waals surface area contributed by atoms with Crippen LogP contribution < -0.4 is 34.0 Å². The number of benzene rings is 1. The standard InChI is InChI=1S/C19H34N.C15H34N.2BrH/c1-4-7-15-20(16-8-5-2,17-9-6-3)18-19-13-11-10-12-14-19;1-5-6-7-8-9-10-11-12-13-14-15-16(2,3)4;;/h10-14H,4-9,15-18H2,1-3H3;5-15H2,1-4H3;2*1H/q2*+1;;/p-2. The molecular weight excluding hydrogens is 596 g/mol. The van der Waals surface area contributed by atoms with E-state index in [-0.39, 0.29) is 34.0 Å². The minimum Gasteiger partial charge on any atom is -1.00 e. The summed E-state index contributed by atoms with van der Waals surface area (Å²) in [6, 6.07) is 11.1. The summed E-state index contributed by atoms with van der Waals surface area (Å²) < 4.78 is 2.43. The van der Waals surface area contributed by atoms with Crippen LogP contribution in [0.15, 0.2) is 30.3 Å². The number of halogens is 2. The summed E-state index contributed by atoms with van der Waals surface area (Å²) in [4.78, 5) is 0. The van der Waals surface area contributed by atoms with Gasteiger partial charge < -0.3 is 42.9 Å². The molecule has 0 radical (unpaired) electrons. The van der Waals surface area contributed by atoms with Gasteiger partial charge in [-0.1, -0.05) is 129 Å². The lowest BCUT2D eigenvalue weighted by atomic mass is 10.1. The van der Waals surface area contributed by atoms with Gasteiger partial charge >= 0.3 is 0 Å². The molecule has 0 aliphatic carbocycles. The van der Waals surface area contributed by atoms with Gasteiger partial charge in [0.1, 0.15) is 6.54 Å². The molecule has 0 unspecified atom stereocenters. The first-order valence-corrected chi connectivity index (χ1v) is 16.0. The zero-order valence-corrected chi connectivity index (χ0v) is 30.1. The molecule has 0 aromatic heterocycles. The molecule has 228 valence electrons. The van der Waals surface area contributed by atoms with Crippen molar-refractivity contribution in [2.24, 2.45) is 0 Å². The third kappa shape index (κ3) is 26.3. The van der Waals surface area contributed by atoms with Crippen molar-refractivity contribution in [3.05, 3.63) is 35.9 Å². The molecule has 0 saturated carbocycles. The fourth-order valence-corrected chi connectivity index (χ4v) is 5.10. The zero-order valence-electron chi connectivity index (χ0n) is 26.9. The van der Waals surface area contributed by atoms with Crippen molar-refractivity contribution in [2.75, 3.05) is 47.3 Å². The molecule has 0 atom stereocenters. The van der Waals surface area contributed by atoms with Crippen LogP contribution in [0.3, 0.4) is 0 Å². The largest absolute Gasteiger partial charge is 1.00 e. The summed E-state index contributed by atoms with van der Waals surface area (Å²) in [5, 5.41) is 0. The van der Waals surface area contributed by atoms with Crippen LogP contribution in [-0.4, -0.2) is 56.3 Å². The van der Waals surface area contributed by atoms with Gasteiger partial charge in [0, 0.05) is 5.56 Å². The van der Waals surface area contributed by atoms with Crippen LogP contribution in [-0.2, 0) is 6.54 Å². The van der Waals surface area contributed by atoms with E-state index in [1.54, 1.807) is 0 Å². The fraction of sp³-hybridized carbons (Fsp3) is 0.824. The number of unbranched alkanes of at least 4 members (excludes halogenated alkanes) is 12. The molecule has 0 spiro atoms. The van der Waals surface area contributed by atoms with E-state index in [0.717, 1.165) is 4.48 Å². The van der Waals surface area contributed by atoms with E-state index < -0.39 is 0 Å². The lowest BCUT2D eigenvalue weighted by Gasteiger charge is -2.39. The fourth-order valence-electron chi connectivity index (χ4n) is 5.10. The highest BCUT2D eigenvalue weighted by atomic mass is 79.9. The van der Waals surface area contributed by atoms with Crippen molar-refractivity contribution in [3.63, 3.8) is 0 Å². The Morgan fingerprint density at radius 1 is 0.447 bits per heavy atom. The van der Waals surface area contributed by atoms with Gasteiger partial charge in [0.05, 0.1) is 47.3 Å². The summed E-state index contributed by atoms with van der Waals surface area (Å²) in [6.45, 7) is 15.8. The minimum atomic E-state index is 0. The normalized spacial score (nSPS) is 11.2. The molecule has 0 aliphatic rings. The Balaban J connectivity index is -0.000000628. The molecule has 0 heterocycles. The molecule has 0 bridgehead atoms. The van der Waals surface area contributed by atoms with Crippen molar-refractivity contribution < 1.29 is 42.9 Å². The van der Waals surface area contributed by atoms with E-state index in [9.17, 15) is 0 Å². The van der Waals surface area contributed by atoms with E-state index in [1.807, 2.05) is 0 Å². The second-order valence-corrected chi connectivity index (χ2v) is 12.4. The van der Waals surface area contributed by atoms with Crippen LogP contribution in [0.4, 0.5) is 0 Å². The Labute approximate surface area is 262 Å². The second kappa shape index (κ2) is 28.6. The molecule has 2 nitrogen and oxygen atoms in total. The highest BCUT2D eigenvalue weighted by Crippen LogP contribution is 2.20. The Morgan fingerprint density at radius 2 is 0.816 bits per heavy atom. The highest BCUT2D eigenvalue weighted by Gasteiger charge is 2.26. The molecule has 0 amide bonds. The van der Waals surface area contributed by atoms with Crippen LogP contribution in [0.25, 0.3) is 0 Å². The molecule has 0 N–H and O–H groups in total. The van der Waals surface area contributed by atoms with Gasteiger partial charge in [-0.25, -0.2) is 0 Å². The Bertz CT molecular complexity index is 550. The van der Waals surface area contributed by atoms with Crippen LogP contribution in [0.5, 0.6) is 0 Å². The lowest BCUT2D eigenvalue weighted by Crippen LogP contribution is -3.00. The molecule has 0 fully saturated rings. The van der Waals surface area contributed by atoms with Crippen molar-refractivity contribution in [1.82, 2.24) is 0 Å².